The van der Waals surface area contributed by atoms with E-state index >= 15 is 0 Å². The van der Waals surface area contributed by atoms with Crippen molar-refractivity contribution >= 4 is 0 Å². The van der Waals surface area contributed by atoms with Gasteiger partial charge in [0.1, 0.15) is 60.7 Å². The summed E-state index contributed by atoms with van der Waals surface area (Å²) in [7, 11) is 0. The summed E-state index contributed by atoms with van der Waals surface area (Å²) < 4.78 is 22.7. The van der Waals surface area contributed by atoms with Gasteiger partial charge in [-0.25, -0.2) is 0 Å². The Bertz CT molecular complexity index is 951. The van der Waals surface area contributed by atoms with Gasteiger partial charge in [-0.1, -0.05) is 24.3 Å². The third-order valence-electron chi connectivity index (χ3n) is 7.34. The van der Waals surface area contributed by atoms with Gasteiger partial charge in [-0.15, -0.1) is 0 Å². The lowest BCUT2D eigenvalue weighted by atomic mass is 9.86. The number of nitrogens with one attached hydrogen (secondary N) is 1. The zero-order valence-electron chi connectivity index (χ0n) is 21.1. The van der Waals surface area contributed by atoms with E-state index in [1.54, 1.807) is 30.3 Å². The average molecular weight is 560 g/mol. The number of benzene rings is 1. The molecule has 39 heavy (non-hydrogen) atoms. The van der Waals surface area contributed by atoms with Gasteiger partial charge in [0.15, 0.2) is 6.29 Å². The third kappa shape index (κ3) is 6.28. The molecule has 14 atom stereocenters. The van der Waals surface area contributed by atoms with E-state index in [1.165, 1.54) is 13.0 Å². The van der Waals surface area contributed by atoms with E-state index in [1.807, 2.05) is 0 Å². The fraction of sp³-hybridized carbons (Fsp3) is 0.680. The van der Waals surface area contributed by atoms with Crippen LogP contribution in [0.15, 0.2) is 42.0 Å². The smallest absolute Gasteiger partial charge is 0.229 e. The highest BCUT2D eigenvalue weighted by atomic mass is 16.7. The summed E-state index contributed by atoms with van der Waals surface area (Å²) >= 11 is 0. The average Bonchev–Trinajstić information content (AvgIpc) is 2.93. The van der Waals surface area contributed by atoms with Crippen molar-refractivity contribution in [3.05, 3.63) is 42.0 Å². The predicted molar refractivity (Wildman–Crippen MR) is 130 cm³/mol. The number of hydrogen-bond acceptors (Lipinski definition) is 14. The Hall–Kier alpha value is -1.76. The van der Waals surface area contributed by atoms with E-state index in [9.17, 15) is 46.0 Å². The quantitative estimate of drug-likeness (QED) is 0.136. The molecule has 2 saturated heterocycles. The van der Waals surface area contributed by atoms with Crippen LogP contribution in [-0.4, -0.2) is 145 Å². The van der Waals surface area contributed by atoms with Crippen LogP contribution in [0.5, 0.6) is 5.75 Å². The molecule has 1 aromatic carbocycles. The molecule has 0 radical (unpaired) electrons. The maximum absolute atomic E-state index is 10.9. The number of ether oxygens (including phenoxy) is 4. The number of para-hydroxylation sites is 1. The summed E-state index contributed by atoms with van der Waals surface area (Å²) in [4.78, 5) is 0. The molecule has 14 nitrogen and oxygen atoms in total. The van der Waals surface area contributed by atoms with Gasteiger partial charge in [0.2, 0.25) is 6.29 Å². The molecule has 14 heteroatoms. The molecule has 1 aromatic rings. The first kappa shape index (κ1) is 30.2. The molecule has 3 aliphatic rings. The van der Waals surface area contributed by atoms with Crippen LogP contribution >= 0.6 is 0 Å². The number of rotatable bonds is 8. The monoisotopic (exact) mass is 559 g/mol. The molecule has 4 rings (SSSR count). The molecule has 10 N–H and O–H groups in total. The first-order chi connectivity index (χ1) is 18.6. The van der Waals surface area contributed by atoms with Crippen LogP contribution in [0.25, 0.3) is 0 Å². The van der Waals surface area contributed by atoms with Gasteiger partial charge >= 0.3 is 0 Å². The molecule has 0 bridgehead atoms. The lowest BCUT2D eigenvalue weighted by Crippen LogP contribution is -2.68. The van der Waals surface area contributed by atoms with Crippen molar-refractivity contribution in [1.82, 2.24) is 5.32 Å². The highest BCUT2D eigenvalue weighted by molar-refractivity contribution is 5.23. The topological polar surface area (TPSA) is 231 Å². The van der Waals surface area contributed by atoms with Gasteiger partial charge in [-0.3, -0.25) is 0 Å². The van der Waals surface area contributed by atoms with Gasteiger partial charge < -0.3 is 70.2 Å². The summed E-state index contributed by atoms with van der Waals surface area (Å²) in [6.45, 7) is 0.333. The molecule has 0 spiro atoms. The van der Waals surface area contributed by atoms with Crippen molar-refractivity contribution in [1.29, 1.82) is 0 Å². The van der Waals surface area contributed by atoms with Gasteiger partial charge in [-0.2, -0.15) is 0 Å². The standard InChI is InChI=1S/C25H37NO13/c1-10-15(26-13-7-11(8-27)16(29)19(32)17(13)30)18(31)21(34)24(36-10)39-23-14(9-28)38-25(22(35)20(23)33)37-12-5-3-2-4-6-12/h2-7,10,13-35H,8-9H2,1H3. The predicted octanol–water partition coefficient (Wildman–Crippen LogP) is -4.30. The minimum Gasteiger partial charge on any atom is -0.462 e. The zero-order valence-corrected chi connectivity index (χ0v) is 21.1. The maximum Gasteiger partial charge on any atom is 0.229 e. The highest BCUT2D eigenvalue weighted by Gasteiger charge is 2.51. The molecule has 14 unspecified atom stereocenters. The van der Waals surface area contributed by atoms with Crippen LogP contribution in [0.2, 0.25) is 0 Å². The second-order valence-electron chi connectivity index (χ2n) is 9.97. The second kappa shape index (κ2) is 12.8. The van der Waals surface area contributed by atoms with E-state index in [2.05, 4.69) is 5.32 Å². The Labute approximate surface area is 224 Å². The Balaban J connectivity index is 1.42. The lowest BCUT2D eigenvalue weighted by Gasteiger charge is -2.47. The van der Waals surface area contributed by atoms with E-state index in [-0.39, 0.29) is 5.57 Å². The Morgan fingerprint density at radius 3 is 2.10 bits per heavy atom. The zero-order chi connectivity index (χ0) is 28.4. The van der Waals surface area contributed by atoms with Gasteiger partial charge in [0.05, 0.1) is 31.4 Å². The van der Waals surface area contributed by atoms with Crippen molar-refractivity contribution in [2.24, 2.45) is 0 Å². The summed E-state index contributed by atoms with van der Waals surface area (Å²) in [5, 5.41) is 95.7. The van der Waals surface area contributed by atoms with Crippen LogP contribution in [0.1, 0.15) is 6.92 Å². The molecule has 220 valence electrons. The fourth-order valence-corrected chi connectivity index (χ4v) is 5.04. The van der Waals surface area contributed by atoms with Crippen molar-refractivity contribution < 1.29 is 64.9 Å². The lowest BCUT2D eigenvalue weighted by molar-refractivity contribution is -0.342. The Morgan fingerprint density at radius 2 is 1.46 bits per heavy atom. The van der Waals surface area contributed by atoms with Crippen molar-refractivity contribution in [2.45, 2.75) is 92.6 Å². The highest BCUT2D eigenvalue weighted by Crippen LogP contribution is 2.31. The number of hydrogen-bond donors (Lipinski definition) is 10. The number of aliphatic hydroxyl groups excluding tert-OH is 9. The van der Waals surface area contributed by atoms with Crippen molar-refractivity contribution in [2.75, 3.05) is 13.2 Å². The molecular formula is C25H37NO13. The van der Waals surface area contributed by atoms with Crippen molar-refractivity contribution in [3.8, 4) is 5.75 Å². The third-order valence-corrected chi connectivity index (χ3v) is 7.34. The fourth-order valence-electron chi connectivity index (χ4n) is 5.04. The summed E-state index contributed by atoms with van der Waals surface area (Å²) in [6.07, 6.45) is -16.0. The van der Waals surface area contributed by atoms with Crippen LogP contribution in [-0.2, 0) is 14.2 Å². The van der Waals surface area contributed by atoms with Gasteiger partial charge in [-0.05, 0) is 24.6 Å². The van der Waals surface area contributed by atoms with E-state index in [0.29, 0.717) is 5.75 Å². The van der Waals surface area contributed by atoms with Crippen molar-refractivity contribution in [3.63, 3.8) is 0 Å². The summed E-state index contributed by atoms with van der Waals surface area (Å²) in [5.41, 5.74) is 0.0698. The SMILES string of the molecule is CC1OC(OC2C(CO)OC(Oc3ccccc3)C(O)C2O)C(O)C(O)C1NC1C=C(CO)C(O)C(O)C1O. The molecule has 0 saturated carbocycles. The van der Waals surface area contributed by atoms with E-state index < -0.39 is 98.9 Å². The normalized spacial score (nSPS) is 45.0. The molecule has 0 aromatic heterocycles. The summed E-state index contributed by atoms with van der Waals surface area (Å²) in [6, 6.07) is 6.39. The first-order valence-corrected chi connectivity index (χ1v) is 12.7. The van der Waals surface area contributed by atoms with Gasteiger partial charge in [0.25, 0.3) is 0 Å². The Morgan fingerprint density at radius 1 is 0.795 bits per heavy atom. The number of aliphatic hydroxyl groups is 9. The second-order valence-corrected chi connectivity index (χ2v) is 9.97. The molecule has 2 fully saturated rings. The molecule has 0 amide bonds. The molecule has 2 heterocycles. The minimum absolute atomic E-state index is 0.0698. The largest absolute Gasteiger partial charge is 0.462 e. The molecule has 1 aliphatic carbocycles. The van der Waals surface area contributed by atoms with E-state index in [4.69, 9.17) is 18.9 Å². The molecule has 2 aliphatic heterocycles. The molecular weight excluding hydrogens is 522 g/mol. The van der Waals surface area contributed by atoms with Crippen LogP contribution in [0, 0.1) is 0 Å². The Kier molecular flexibility index (Phi) is 9.93. The van der Waals surface area contributed by atoms with Crippen LogP contribution in [0.3, 0.4) is 0 Å². The van der Waals surface area contributed by atoms with E-state index in [0.717, 1.165) is 0 Å². The minimum atomic E-state index is -1.70. The maximum atomic E-state index is 10.9. The first-order valence-electron chi connectivity index (χ1n) is 12.7. The summed E-state index contributed by atoms with van der Waals surface area (Å²) in [5.74, 6) is 0.359. The van der Waals surface area contributed by atoms with Gasteiger partial charge in [0, 0.05) is 0 Å². The van der Waals surface area contributed by atoms with Crippen LogP contribution in [0.4, 0.5) is 0 Å². The van der Waals surface area contributed by atoms with Crippen LogP contribution < -0.4 is 10.1 Å².